The highest BCUT2D eigenvalue weighted by atomic mass is 16.5. The molecule has 0 heterocycles. The first kappa shape index (κ1) is 27.0. The summed E-state index contributed by atoms with van der Waals surface area (Å²) >= 11 is 0. The van der Waals surface area contributed by atoms with Gasteiger partial charge in [-0.15, -0.1) is 0 Å². The molecule has 6 heteroatoms. The van der Waals surface area contributed by atoms with Gasteiger partial charge in [0.25, 0.3) is 5.91 Å². The van der Waals surface area contributed by atoms with Crippen molar-refractivity contribution in [1.82, 2.24) is 5.43 Å². The van der Waals surface area contributed by atoms with E-state index < -0.39 is 0 Å². The van der Waals surface area contributed by atoms with Gasteiger partial charge in [0.05, 0.1) is 17.6 Å². The van der Waals surface area contributed by atoms with E-state index >= 15 is 0 Å². The van der Waals surface area contributed by atoms with Gasteiger partial charge in [0.1, 0.15) is 12.4 Å². The van der Waals surface area contributed by atoms with Gasteiger partial charge in [-0.3, -0.25) is 4.79 Å². The fraction of sp³-hybridized carbons (Fsp3) is 0.235. The number of carbonyl (C=O) groups is 1. The van der Waals surface area contributed by atoms with Gasteiger partial charge in [-0.1, -0.05) is 79.9 Å². The predicted molar refractivity (Wildman–Crippen MR) is 163 cm³/mol. The standard InChI is InChI=1S/C34H36N4O2/c39-34(38-36-24-27-16-19-31(20-17-27)40-25-28-12-6-2-7-13-28)29-18-21-32(37-30-14-8-3-9-15-30)33(22-29)35-23-26-10-4-1-5-11-26/h1-2,4-7,10-13,16-22,24,30,35,37H,3,8-9,14-15,23,25H2,(H,38,39)/b36-24+. The summed E-state index contributed by atoms with van der Waals surface area (Å²) in [5, 5.41) is 11.4. The SMILES string of the molecule is O=C(N/N=C/c1ccc(OCc2ccccc2)cc1)c1ccc(NC2CCCCC2)c(NCc2ccccc2)c1. The number of benzene rings is 4. The zero-order valence-electron chi connectivity index (χ0n) is 22.7. The monoisotopic (exact) mass is 532 g/mol. The summed E-state index contributed by atoms with van der Waals surface area (Å²) in [7, 11) is 0. The molecule has 0 aliphatic heterocycles. The maximum atomic E-state index is 12.9. The van der Waals surface area contributed by atoms with Crippen molar-refractivity contribution in [3.63, 3.8) is 0 Å². The second-order valence-corrected chi connectivity index (χ2v) is 10.1. The van der Waals surface area contributed by atoms with Gasteiger partial charge in [-0.25, -0.2) is 5.43 Å². The number of hydrogen-bond donors (Lipinski definition) is 3. The van der Waals surface area contributed by atoms with Gasteiger partial charge < -0.3 is 15.4 Å². The highest BCUT2D eigenvalue weighted by Gasteiger charge is 2.16. The second-order valence-electron chi connectivity index (χ2n) is 10.1. The van der Waals surface area contributed by atoms with Crippen molar-refractivity contribution in [2.24, 2.45) is 5.10 Å². The third-order valence-corrected chi connectivity index (χ3v) is 7.08. The quantitative estimate of drug-likeness (QED) is 0.139. The Balaban J connectivity index is 1.20. The van der Waals surface area contributed by atoms with E-state index in [1.54, 1.807) is 6.21 Å². The van der Waals surface area contributed by atoms with Crippen LogP contribution in [-0.4, -0.2) is 18.2 Å². The number of amides is 1. The average molecular weight is 533 g/mol. The second kappa shape index (κ2) is 14.0. The Labute approximate surface area is 236 Å². The normalized spacial score (nSPS) is 13.6. The minimum absolute atomic E-state index is 0.258. The third-order valence-electron chi connectivity index (χ3n) is 7.08. The summed E-state index contributed by atoms with van der Waals surface area (Å²) in [6, 6.07) is 34.1. The van der Waals surface area contributed by atoms with Crippen molar-refractivity contribution in [3.8, 4) is 5.75 Å². The lowest BCUT2D eigenvalue weighted by atomic mass is 9.95. The van der Waals surface area contributed by atoms with Gasteiger partial charge >= 0.3 is 0 Å². The highest BCUT2D eigenvalue weighted by molar-refractivity contribution is 5.97. The highest BCUT2D eigenvalue weighted by Crippen LogP contribution is 2.28. The van der Waals surface area contributed by atoms with Crippen LogP contribution in [0.2, 0.25) is 0 Å². The molecule has 3 N–H and O–H groups in total. The van der Waals surface area contributed by atoms with Crippen LogP contribution in [0.25, 0.3) is 0 Å². The van der Waals surface area contributed by atoms with Crippen LogP contribution in [-0.2, 0) is 13.2 Å². The third kappa shape index (κ3) is 7.96. The largest absolute Gasteiger partial charge is 0.489 e. The molecule has 204 valence electrons. The maximum Gasteiger partial charge on any atom is 0.271 e. The Morgan fingerprint density at radius 1 is 0.800 bits per heavy atom. The first-order valence-electron chi connectivity index (χ1n) is 14.0. The molecule has 0 aromatic heterocycles. The van der Waals surface area contributed by atoms with Crippen molar-refractivity contribution < 1.29 is 9.53 Å². The van der Waals surface area contributed by atoms with Crippen molar-refractivity contribution >= 4 is 23.5 Å². The molecule has 5 rings (SSSR count). The number of ether oxygens (including phenoxy) is 1. The van der Waals surface area contributed by atoms with Crippen LogP contribution in [0.5, 0.6) is 5.75 Å². The van der Waals surface area contributed by atoms with Crippen LogP contribution in [0, 0.1) is 0 Å². The first-order valence-corrected chi connectivity index (χ1v) is 14.0. The molecule has 0 unspecified atom stereocenters. The Bertz CT molecular complexity index is 1380. The fourth-order valence-corrected chi connectivity index (χ4v) is 4.84. The van der Waals surface area contributed by atoms with Crippen molar-refractivity contribution in [2.45, 2.75) is 51.3 Å². The zero-order valence-corrected chi connectivity index (χ0v) is 22.7. The molecular formula is C34H36N4O2. The minimum atomic E-state index is -0.258. The van der Waals surface area contributed by atoms with Crippen LogP contribution >= 0.6 is 0 Å². The van der Waals surface area contributed by atoms with Crippen LogP contribution in [0.1, 0.15) is 59.2 Å². The minimum Gasteiger partial charge on any atom is -0.489 e. The lowest BCUT2D eigenvalue weighted by Gasteiger charge is -2.25. The molecule has 0 radical (unpaired) electrons. The predicted octanol–water partition coefficient (Wildman–Crippen LogP) is 7.39. The molecular weight excluding hydrogens is 496 g/mol. The first-order chi connectivity index (χ1) is 19.7. The molecule has 1 aliphatic carbocycles. The Hall–Kier alpha value is -4.58. The molecule has 1 saturated carbocycles. The summed E-state index contributed by atoms with van der Waals surface area (Å²) in [4.78, 5) is 12.9. The summed E-state index contributed by atoms with van der Waals surface area (Å²) in [5.41, 5.74) is 8.31. The lowest BCUT2D eigenvalue weighted by Crippen LogP contribution is -2.23. The lowest BCUT2D eigenvalue weighted by molar-refractivity contribution is 0.0955. The molecule has 4 aromatic carbocycles. The number of anilines is 2. The number of hydrogen-bond acceptors (Lipinski definition) is 5. The van der Waals surface area contributed by atoms with Gasteiger partial charge in [0, 0.05) is 18.2 Å². The van der Waals surface area contributed by atoms with Crippen LogP contribution in [0.3, 0.4) is 0 Å². The van der Waals surface area contributed by atoms with E-state index in [-0.39, 0.29) is 5.91 Å². The van der Waals surface area contributed by atoms with Crippen LogP contribution in [0.4, 0.5) is 11.4 Å². The maximum absolute atomic E-state index is 12.9. The van der Waals surface area contributed by atoms with Crippen molar-refractivity contribution in [1.29, 1.82) is 0 Å². The van der Waals surface area contributed by atoms with Crippen molar-refractivity contribution in [3.05, 3.63) is 125 Å². The molecule has 0 spiro atoms. The molecule has 4 aromatic rings. The zero-order chi connectivity index (χ0) is 27.4. The van der Waals surface area contributed by atoms with E-state index in [9.17, 15) is 4.79 Å². The number of nitrogens with zero attached hydrogens (tertiary/aromatic N) is 1. The average Bonchev–Trinajstić information content (AvgIpc) is 3.01. The van der Waals surface area contributed by atoms with Gasteiger partial charge in [-0.05, 0) is 72.0 Å². The molecule has 0 bridgehead atoms. The van der Waals surface area contributed by atoms with Gasteiger partial charge in [0.15, 0.2) is 0 Å². The summed E-state index contributed by atoms with van der Waals surface area (Å²) in [5.74, 6) is 0.522. The number of nitrogens with one attached hydrogen (secondary N) is 3. The molecule has 1 aliphatic rings. The van der Waals surface area contributed by atoms with Gasteiger partial charge in [0.2, 0.25) is 0 Å². The van der Waals surface area contributed by atoms with Crippen LogP contribution < -0.4 is 20.8 Å². The summed E-state index contributed by atoms with van der Waals surface area (Å²) in [6.07, 6.45) is 7.80. The molecule has 1 amide bonds. The van der Waals surface area contributed by atoms with E-state index in [0.717, 1.165) is 28.3 Å². The number of carbonyl (C=O) groups excluding carboxylic acids is 1. The number of rotatable bonds is 11. The molecule has 0 atom stereocenters. The van der Waals surface area contributed by atoms with Crippen molar-refractivity contribution in [2.75, 3.05) is 10.6 Å². The van der Waals surface area contributed by atoms with Crippen LogP contribution in [0.15, 0.2) is 108 Å². The summed E-state index contributed by atoms with van der Waals surface area (Å²) < 4.78 is 5.84. The number of hydrazone groups is 1. The Kier molecular flexibility index (Phi) is 9.45. The Morgan fingerprint density at radius 3 is 2.23 bits per heavy atom. The van der Waals surface area contributed by atoms with E-state index in [1.165, 1.54) is 37.7 Å². The molecule has 1 fully saturated rings. The van der Waals surface area contributed by atoms with E-state index in [1.807, 2.05) is 91.0 Å². The van der Waals surface area contributed by atoms with E-state index in [2.05, 4.69) is 33.3 Å². The molecule has 6 nitrogen and oxygen atoms in total. The molecule has 0 saturated heterocycles. The fourth-order valence-electron chi connectivity index (χ4n) is 4.84. The van der Waals surface area contributed by atoms with E-state index in [4.69, 9.17) is 4.74 Å². The van der Waals surface area contributed by atoms with E-state index in [0.29, 0.717) is 24.8 Å². The summed E-state index contributed by atoms with van der Waals surface area (Å²) in [6.45, 7) is 1.19. The van der Waals surface area contributed by atoms with Gasteiger partial charge in [-0.2, -0.15) is 5.10 Å². The topological polar surface area (TPSA) is 74.8 Å². The Morgan fingerprint density at radius 2 is 1.50 bits per heavy atom. The smallest absolute Gasteiger partial charge is 0.271 e. The molecule has 40 heavy (non-hydrogen) atoms.